The van der Waals surface area contributed by atoms with Gasteiger partial charge < -0.3 is 14.0 Å². The fraction of sp³-hybridized carbons (Fsp3) is 1.00. The lowest BCUT2D eigenvalue weighted by atomic mass is 9.88. The van der Waals surface area contributed by atoms with Crippen molar-refractivity contribution in [2.75, 3.05) is 59.2 Å². The van der Waals surface area contributed by atoms with E-state index in [0.717, 1.165) is 9.34 Å². The van der Waals surface area contributed by atoms with Crippen molar-refractivity contribution in [3.63, 3.8) is 0 Å². The summed E-state index contributed by atoms with van der Waals surface area (Å²) >= 11 is 0. The largest absolute Gasteiger partial charge is 0.460 e. The van der Waals surface area contributed by atoms with E-state index in [-0.39, 0.29) is 52.6 Å². The van der Waals surface area contributed by atoms with Crippen LogP contribution in [0.5, 0.6) is 0 Å². The molecule has 0 aliphatic carbocycles. The van der Waals surface area contributed by atoms with Gasteiger partial charge >= 0.3 is 55.3 Å². The van der Waals surface area contributed by atoms with Crippen molar-refractivity contribution < 1.29 is 93.2 Å². The molecule has 0 amide bonds. The fourth-order valence-electron chi connectivity index (χ4n) is 3.60. The minimum Gasteiger partial charge on any atom is -0.379 e. The predicted octanol–water partition coefficient (Wildman–Crippen LogP) is 6.18. The Morgan fingerprint density at radius 2 is 0.833 bits per heavy atom. The predicted molar refractivity (Wildman–Crippen MR) is 104 cm³/mol. The lowest BCUT2D eigenvalue weighted by molar-refractivity contribution is -0.461. The second kappa shape index (κ2) is 11.6. The molecule has 2 rings (SSSR count). The third-order valence-corrected chi connectivity index (χ3v) is 8.90. The first-order chi connectivity index (χ1) is 18.7. The first-order valence-corrected chi connectivity index (χ1v) is 12.8. The molecule has 0 aromatic rings. The van der Waals surface area contributed by atoms with E-state index in [1.165, 1.54) is 0 Å². The second-order valence-electron chi connectivity index (χ2n) is 8.85. The van der Waals surface area contributed by atoms with Gasteiger partial charge in [-0.25, -0.2) is 9.34 Å². The summed E-state index contributed by atoms with van der Waals surface area (Å²) in [5.74, 6) is -57.0. The molecule has 0 aromatic carbocycles. The first-order valence-electron chi connectivity index (χ1n) is 11.3. The van der Waals surface area contributed by atoms with Gasteiger partial charge in [-0.2, -0.15) is 74.6 Å². The molecule has 2 saturated heterocycles. The van der Waals surface area contributed by atoms with Crippen LogP contribution in [0.25, 0.3) is 0 Å². The van der Waals surface area contributed by atoms with E-state index in [2.05, 4.69) is 0 Å². The molecule has 0 aromatic heterocycles. The van der Waals surface area contributed by atoms with E-state index in [0.29, 0.717) is 0 Å². The van der Waals surface area contributed by atoms with Crippen LogP contribution in [0.3, 0.4) is 0 Å². The summed E-state index contributed by atoms with van der Waals surface area (Å²) in [6, 6.07) is 0. The summed E-state index contributed by atoms with van der Waals surface area (Å²) in [4.78, 5) is 0. The molecule has 0 unspecified atom stereocenters. The molecule has 0 N–H and O–H groups in total. The number of ether oxygens (including phenoxy) is 2. The molecule has 2 fully saturated rings. The van der Waals surface area contributed by atoms with Gasteiger partial charge in [-0.05, 0) is 0 Å². The van der Waals surface area contributed by atoms with Crippen molar-refractivity contribution in [2.24, 2.45) is 0 Å². The topological polar surface area (TPSA) is 51.2 Å². The Kier molecular flexibility index (Phi) is 10.3. The SMILES string of the molecule is O=P(OCCC(F)(F)C(F)(F)C(F)(F)C(F)(F)C(F)(F)C(F)(F)C(F)(F)C(F)(F)F)(N1CCOCC1)N1CCOCC1. The van der Waals surface area contributed by atoms with Gasteiger partial charge in [0.15, 0.2) is 0 Å². The van der Waals surface area contributed by atoms with E-state index in [9.17, 15) is 79.2 Å². The monoisotopic (exact) mass is 682 g/mol. The molecule has 0 bridgehead atoms. The average molecular weight is 682 g/mol. The Balaban J connectivity index is 2.36. The van der Waals surface area contributed by atoms with E-state index in [1.807, 2.05) is 0 Å². The zero-order valence-electron chi connectivity index (χ0n) is 20.5. The van der Waals surface area contributed by atoms with Crippen LogP contribution in [-0.2, 0) is 18.6 Å². The van der Waals surface area contributed by atoms with Crippen molar-refractivity contribution in [1.29, 1.82) is 0 Å². The van der Waals surface area contributed by atoms with Gasteiger partial charge in [0.2, 0.25) is 0 Å². The zero-order valence-corrected chi connectivity index (χ0v) is 21.4. The van der Waals surface area contributed by atoms with Gasteiger partial charge in [-0.1, -0.05) is 0 Å². The fourth-order valence-corrected chi connectivity index (χ4v) is 5.95. The number of hydrogen-bond acceptors (Lipinski definition) is 4. The van der Waals surface area contributed by atoms with E-state index >= 15 is 0 Å². The summed E-state index contributed by atoms with van der Waals surface area (Å²) < 4.78 is 259. The number of halogens is 17. The van der Waals surface area contributed by atoms with Gasteiger partial charge in [-0.15, -0.1) is 0 Å². The summed E-state index contributed by atoms with van der Waals surface area (Å²) in [5.41, 5.74) is 0. The third-order valence-electron chi connectivity index (χ3n) is 6.15. The van der Waals surface area contributed by atoms with Crippen molar-refractivity contribution in [1.82, 2.24) is 9.34 Å². The minimum absolute atomic E-state index is 0.112. The summed E-state index contributed by atoms with van der Waals surface area (Å²) in [6.45, 7) is -3.24. The molecule has 0 saturated carbocycles. The Labute approximate surface area is 224 Å². The Bertz CT molecular complexity index is 960. The molecular formula is C18H20F17N2O4P. The minimum atomic E-state index is -8.69. The number of nitrogens with zero attached hydrogens (tertiary/aromatic N) is 2. The van der Waals surface area contributed by atoms with Crippen LogP contribution in [0.2, 0.25) is 0 Å². The maximum atomic E-state index is 14.2. The molecule has 250 valence electrons. The number of alkyl halides is 17. The zero-order chi connectivity index (χ0) is 32.8. The van der Waals surface area contributed by atoms with Crippen molar-refractivity contribution in [3.8, 4) is 0 Å². The highest BCUT2D eigenvalue weighted by Gasteiger charge is 2.95. The van der Waals surface area contributed by atoms with Crippen LogP contribution < -0.4 is 0 Å². The highest BCUT2D eigenvalue weighted by molar-refractivity contribution is 7.54. The Hall–Kier alpha value is -1.16. The molecule has 6 nitrogen and oxygen atoms in total. The van der Waals surface area contributed by atoms with Crippen molar-refractivity contribution in [2.45, 2.75) is 54.1 Å². The van der Waals surface area contributed by atoms with Crippen molar-refractivity contribution >= 4 is 7.67 Å². The van der Waals surface area contributed by atoms with Crippen molar-refractivity contribution in [3.05, 3.63) is 0 Å². The quantitative estimate of drug-likeness (QED) is 0.181. The second-order valence-corrected chi connectivity index (χ2v) is 11.2. The number of hydrogen-bond donors (Lipinski definition) is 0. The van der Waals surface area contributed by atoms with E-state index in [1.54, 1.807) is 0 Å². The Morgan fingerprint density at radius 3 is 1.17 bits per heavy atom. The number of morpholine rings is 2. The van der Waals surface area contributed by atoms with Gasteiger partial charge in [0.05, 0.1) is 33.0 Å². The molecular weight excluding hydrogens is 662 g/mol. The van der Waals surface area contributed by atoms with Gasteiger partial charge in [0, 0.05) is 32.6 Å². The molecule has 0 radical (unpaired) electrons. The first kappa shape index (κ1) is 37.0. The van der Waals surface area contributed by atoms with Crippen LogP contribution >= 0.6 is 7.67 Å². The standard InChI is InChI=1S/C18H20F17N2O4P/c19-11(20,1-6-41-42(38,36-2-7-39-8-3-36)37-4-9-40-10-5-37)12(21,22)13(23,24)14(25,26)15(27,28)16(29,30)17(31,32)18(33,34)35/h1-10H2. The third kappa shape index (κ3) is 5.81. The molecule has 2 aliphatic heterocycles. The highest BCUT2D eigenvalue weighted by Crippen LogP contribution is 2.64. The lowest BCUT2D eigenvalue weighted by Gasteiger charge is -2.43. The van der Waals surface area contributed by atoms with Gasteiger partial charge in [0.1, 0.15) is 0 Å². The van der Waals surface area contributed by atoms with Crippen LogP contribution in [0.15, 0.2) is 0 Å². The van der Waals surface area contributed by atoms with Crippen LogP contribution in [0, 0.1) is 0 Å². The molecule has 24 heteroatoms. The molecule has 0 atom stereocenters. The molecule has 2 aliphatic rings. The van der Waals surface area contributed by atoms with E-state index < -0.39 is 68.3 Å². The number of rotatable bonds is 12. The van der Waals surface area contributed by atoms with Gasteiger partial charge in [-0.3, -0.25) is 4.57 Å². The van der Waals surface area contributed by atoms with Crippen LogP contribution in [0.1, 0.15) is 6.42 Å². The normalized spacial score (nSPS) is 20.7. The molecule has 0 spiro atoms. The summed E-state index contributed by atoms with van der Waals surface area (Å²) in [6.07, 6.45) is -10.6. The summed E-state index contributed by atoms with van der Waals surface area (Å²) in [5, 5.41) is 0. The van der Waals surface area contributed by atoms with Crippen LogP contribution in [-0.4, -0.2) is 116 Å². The highest BCUT2D eigenvalue weighted by atomic mass is 31.2. The maximum Gasteiger partial charge on any atom is 0.460 e. The lowest BCUT2D eigenvalue weighted by Crippen LogP contribution is -2.74. The average Bonchev–Trinajstić information content (AvgIpc) is 2.88. The Morgan fingerprint density at radius 1 is 0.524 bits per heavy atom. The maximum absolute atomic E-state index is 14.2. The summed E-state index contributed by atoms with van der Waals surface area (Å²) in [7, 11) is -4.48. The molecule has 42 heavy (non-hydrogen) atoms. The van der Waals surface area contributed by atoms with Gasteiger partial charge in [0.25, 0.3) is 0 Å². The molecule has 2 heterocycles. The van der Waals surface area contributed by atoms with E-state index in [4.69, 9.17) is 14.0 Å². The van der Waals surface area contributed by atoms with Crippen LogP contribution in [0.4, 0.5) is 74.6 Å². The smallest absolute Gasteiger partial charge is 0.379 e.